The van der Waals surface area contributed by atoms with Gasteiger partial charge in [-0.2, -0.15) is 0 Å². The zero-order chi connectivity index (χ0) is 12.9. The van der Waals surface area contributed by atoms with Gasteiger partial charge in [0.15, 0.2) is 0 Å². The van der Waals surface area contributed by atoms with E-state index in [-0.39, 0.29) is 5.54 Å². The first-order valence-corrected chi connectivity index (χ1v) is 7.18. The van der Waals surface area contributed by atoms with E-state index in [0.29, 0.717) is 11.1 Å². The van der Waals surface area contributed by atoms with Crippen molar-refractivity contribution in [2.75, 3.05) is 11.4 Å². The summed E-state index contributed by atoms with van der Waals surface area (Å²) in [6, 6.07) is 0. The van der Waals surface area contributed by atoms with Crippen LogP contribution in [0.3, 0.4) is 0 Å². The molecule has 3 rings (SSSR count). The minimum absolute atomic E-state index is 0.184. The Hall–Kier alpha value is -0.830. The third-order valence-electron chi connectivity index (χ3n) is 4.18. The van der Waals surface area contributed by atoms with Crippen LogP contribution in [0.15, 0.2) is 0 Å². The fourth-order valence-electron chi connectivity index (χ4n) is 2.78. The quantitative estimate of drug-likeness (QED) is 0.764. The van der Waals surface area contributed by atoms with E-state index in [1.807, 2.05) is 6.92 Å². The molecule has 98 valence electrons. The van der Waals surface area contributed by atoms with E-state index in [2.05, 4.69) is 23.7 Å². The second-order valence-electron chi connectivity index (χ2n) is 6.16. The van der Waals surface area contributed by atoms with Crippen molar-refractivity contribution in [1.82, 2.24) is 9.97 Å². The van der Waals surface area contributed by atoms with Crippen LogP contribution < -0.4 is 4.90 Å². The highest BCUT2D eigenvalue weighted by Crippen LogP contribution is 2.41. The van der Waals surface area contributed by atoms with Crippen LogP contribution in [0.5, 0.6) is 0 Å². The van der Waals surface area contributed by atoms with Crippen molar-refractivity contribution < 1.29 is 0 Å². The summed E-state index contributed by atoms with van der Waals surface area (Å²) in [6.45, 7) is 7.67. The summed E-state index contributed by atoms with van der Waals surface area (Å²) < 4.78 is 0. The van der Waals surface area contributed by atoms with Crippen LogP contribution in [0.4, 0.5) is 5.82 Å². The molecule has 0 aromatic carbocycles. The summed E-state index contributed by atoms with van der Waals surface area (Å²) in [4.78, 5) is 11.6. The van der Waals surface area contributed by atoms with Gasteiger partial charge in [-0.05, 0) is 46.5 Å². The van der Waals surface area contributed by atoms with Crippen molar-refractivity contribution in [3.05, 3.63) is 16.5 Å². The lowest BCUT2D eigenvalue weighted by Crippen LogP contribution is -2.39. The number of rotatable bonds is 2. The van der Waals surface area contributed by atoms with Crippen molar-refractivity contribution >= 4 is 17.4 Å². The smallest absolute Gasteiger partial charge is 0.137 e. The summed E-state index contributed by atoms with van der Waals surface area (Å²) >= 11 is 6.28. The lowest BCUT2D eigenvalue weighted by molar-refractivity contribution is 0.512. The number of hydrogen-bond donors (Lipinski definition) is 0. The second-order valence-corrected chi connectivity index (χ2v) is 6.52. The van der Waals surface area contributed by atoms with E-state index in [0.717, 1.165) is 23.8 Å². The molecule has 2 fully saturated rings. The van der Waals surface area contributed by atoms with Gasteiger partial charge in [0.2, 0.25) is 0 Å². The van der Waals surface area contributed by atoms with Crippen molar-refractivity contribution in [3.8, 4) is 0 Å². The standard InChI is InChI=1S/C14H20ClN3/c1-9-11(15)16-12(10-5-6-10)17-13(9)18-8-4-7-14(18,2)3/h10H,4-8H2,1-3H3. The summed E-state index contributed by atoms with van der Waals surface area (Å²) in [5, 5.41) is 0.629. The van der Waals surface area contributed by atoms with Crippen LogP contribution in [0, 0.1) is 6.92 Å². The van der Waals surface area contributed by atoms with Crippen molar-refractivity contribution in [2.45, 2.75) is 57.9 Å². The first kappa shape index (κ1) is 12.2. The Bertz CT molecular complexity index is 480. The number of hydrogen-bond acceptors (Lipinski definition) is 3. The fourth-order valence-corrected chi connectivity index (χ4v) is 2.95. The Balaban J connectivity index is 2.04. The number of halogens is 1. The van der Waals surface area contributed by atoms with Gasteiger partial charge in [-0.25, -0.2) is 9.97 Å². The molecule has 1 aromatic heterocycles. The summed E-state index contributed by atoms with van der Waals surface area (Å²) in [5.74, 6) is 2.55. The van der Waals surface area contributed by atoms with Gasteiger partial charge in [-0.1, -0.05) is 11.6 Å². The highest BCUT2D eigenvalue weighted by molar-refractivity contribution is 6.30. The highest BCUT2D eigenvalue weighted by atomic mass is 35.5. The van der Waals surface area contributed by atoms with Crippen molar-refractivity contribution in [3.63, 3.8) is 0 Å². The monoisotopic (exact) mass is 265 g/mol. The molecule has 0 spiro atoms. The van der Waals surface area contributed by atoms with Gasteiger partial charge >= 0.3 is 0 Å². The fraction of sp³-hybridized carbons (Fsp3) is 0.714. The van der Waals surface area contributed by atoms with Gasteiger partial charge in [0.1, 0.15) is 16.8 Å². The molecule has 0 bridgehead atoms. The first-order chi connectivity index (χ1) is 8.49. The summed E-state index contributed by atoms with van der Waals surface area (Å²) in [5.41, 5.74) is 1.21. The molecular weight excluding hydrogens is 246 g/mol. The van der Waals surface area contributed by atoms with Crippen LogP contribution in [0.2, 0.25) is 5.15 Å². The SMILES string of the molecule is Cc1c(Cl)nc(C2CC2)nc1N1CCCC1(C)C. The molecule has 2 heterocycles. The molecule has 0 amide bonds. The Morgan fingerprint density at radius 2 is 2.00 bits per heavy atom. The molecule has 1 aliphatic carbocycles. The van der Waals surface area contributed by atoms with Crippen LogP contribution in [-0.4, -0.2) is 22.1 Å². The molecule has 0 unspecified atom stereocenters. The molecular formula is C14H20ClN3. The van der Waals surface area contributed by atoms with Gasteiger partial charge in [-0.15, -0.1) is 0 Å². The van der Waals surface area contributed by atoms with Gasteiger partial charge in [0.05, 0.1) is 0 Å². The maximum Gasteiger partial charge on any atom is 0.137 e. The molecule has 0 atom stereocenters. The third-order valence-corrected chi connectivity index (χ3v) is 4.55. The maximum absolute atomic E-state index is 6.28. The van der Waals surface area contributed by atoms with E-state index in [9.17, 15) is 0 Å². The van der Waals surface area contributed by atoms with Gasteiger partial charge < -0.3 is 4.90 Å². The Kier molecular flexibility index (Phi) is 2.77. The molecule has 18 heavy (non-hydrogen) atoms. The molecule has 0 radical (unpaired) electrons. The number of aromatic nitrogens is 2. The van der Waals surface area contributed by atoms with Crippen LogP contribution in [0.1, 0.15) is 56.8 Å². The minimum Gasteiger partial charge on any atom is -0.351 e. The number of nitrogens with zero attached hydrogens (tertiary/aromatic N) is 3. The lowest BCUT2D eigenvalue weighted by Gasteiger charge is -2.34. The average molecular weight is 266 g/mol. The van der Waals surface area contributed by atoms with Crippen LogP contribution in [0.25, 0.3) is 0 Å². The van der Waals surface area contributed by atoms with Gasteiger partial charge in [-0.3, -0.25) is 0 Å². The average Bonchev–Trinajstić information content (AvgIpc) is 3.07. The minimum atomic E-state index is 0.184. The first-order valence-electron chi connectivity index (χ1n) is 6.81. The van der Waals surface area contributed by atoms with Gasteiger partial charge in [0, 0.05) is 23.6 Å². The van der Waals surface area contributed by atoms with Crippen LogP contribution in [-0.2, 0) is 0 Å². The Morgan fingerprint density at radius 1 is 1.28 bits per heavy atom. The van der Waals surface area contributed by atoms with E-state index < -0.39 is 0 Å². The molecule has 3 nitrogen and oxygen atoms in total. The molecule has 1 saturated carbocycles. The van der Waals surface area contributed by atoms with E-state index >= 15 is 0 Å². The third kappa shape index (κ3) is 1.99. The zero-order valence-electron chi connectivity index (χ0n) is 11.3. The van der Waals surface area contributed by atoms with E-state index in [4.69, 9.17) is 16.6 Å². The lowest BCUT2D eigenvalue weighted by atomic mass is 10.0. The highest BCUT2D eigenvalue weighted by Gasteiger charge is 2.35. The molecule has 0 N–H and O–H groups in total. The number of anilines is 1. The molecule has 1 aliphatic heterocycles. The maximum atomic E-state index is 6.28. The largest absolute Gasteiger partial charge is 0.351 e. The van der Waals surface area contributed by atoms with Crippen molar-refractivity contribution in [1.29, 1.82) is 0 Å². The zero-order valence-corrected chi connectivity index (χ0v) is 12.1. The molecule has 1 saturated heterocycles. The second kappa shape index (κ2) is 4.09. The van der Waals surface area contributed by atoms with E-state index in [1.165, 1.54) is 25.7 Å². The summed E-state index contributed by atoms with van der Waals surface area (Å²) in [6.07, 6.45) is 4.87. The Morgan fingerprint density at radius 3 is 2.56 bits per heavy atom. The topological polar surface area (TPSA) is 29.0 Å². The van der Waals surface area contributed by atoms with Crippen molar-refractivity contribution in [2.24, 2.45) is 0 Å². The van der Waals surface area contributed by atoms with Crippen LogP contribution >= 0.6 is 11.6 Å². The molecule has 4 heteroatoms. The molecule has 2 aliphatic rings. The normalized spacial score (nSPS) is 22.6. The Labute approximate surface area is 114 Å². The molecule has 1 aromatic rings. The van der Waals surface area contributed by atoms with Gasteiger partial charge in [0.25, 0.3) is 0 Å². The predicted molar refractivity (Wildman–Crippen MR) is 74.4 cm³/mol. The summed E-state index contributed by atoms with van der Waals surface area (Å²) in [7, 11) is 0. The predicted octanol–water partition coefficient (Wildman–Crippen LogP) is 3.69. The van der Waals surface area contributed by atoms with E-state index in [1.54, 1.807) is 0 Å².